The fourth-order valence-electron chi connectivity index (χ4n) is 4.10. The van der Waals surface area contributed by atoms with Crippen LogP contribution < -0.4 is 5.32 Å². The molecule has 0 atom stereocenters. The highest BCUT2D eigenvalue weighted by Gasteiger charge is 2.41. The van der Waals surface area contributed by atoms with Crippen molar-refractivity contribution in [1.29, 1.82) is 0 Å². The molecule has 1 N–H and O–H groups in total. The normalized spacial score (nSPS) is 15.8. The van der Waals surface area contributed by atoms with Crippen molar-refractivity contribution >= 4 is 17.6 Å². The van der Waals surface area contributed by atoms with Crippen molar-refractivity contribution in [3.8, 4) is 11.1 Å². The molecule has 1 fully saturated rings. The molecule has 0 heterocycles. The van der Waals surface area contributed by atoms with Crippen LogP contribution >= 0.6 is 0 Å². The molecule has 0 aromatic heterocycles. The van der Waals surface area contributed by atoms with E-state index in [0.29, 0.717) is 25.7 Å². The van der Waals surface area contributed by atoms with Crippen LogP contribution in [0.5, 0.6) is 0 Å². The minimum absolute atomic E-state index is 0.227. The molecule has 170 valence electrons. The van der Waals surface area contributed by atoms with Crippen molar-refractivity contribution in [2.75, 3.05) is 7.11 Å². The highest BCUT2D eigenvalue weighted by molar-refractivity contribution is 6.01. The van der Waals surface area contributed by atoms with E-state index in [9.17, 15) is 28.5 Å². The SMILES string of the molecule is COC(=O)C1(NC(=O)c2ccc(-c3ccc(F)c(F)c3)cc2[N+](=O)[O-])CCCCCCC1. The average molecular weight is 446 g/mol. The predicted molar refractivity (Wildman–Crippen MR) is 113 cm³/mol. The van der Waals surface area contributed by atoms with Gasteiger partial charge < -0.3 is 10.1 Å². The number of hydrogen-bond donors (Lipinski definition) is 1. The molecule has 0 radical (unpaired) electrons. The summed E-state index contributed by atoms with van der Waals surface area (Å²) in [4.78, 5) is 36.6. The van der Waals surface area contributed by atoms with Gasteiger partial charge in [0.05, 0.1) is 12.0 Å². The molecular weight excluding hydrogens is 422 g/mol. The molecule has 0 aliphatic heterocycles. The van der Waals surface area contributed by atoms with E-state index >= 15 is 0 Å². The fourth-order valence-corrected chi connectivity index (χ4v) is 4.10. The lowest BCUT2D eigenvalue weighted by Crippen LogP contribution is -2.55. The standard InChI is InChI=1S/C23H24F2N2O5/c1-32-22(29)23(11-5-3-2-4-6-12-23)26-21(28)17-9-7-16(14-20(17)27(30)31)15-8-10-18(24)19(25)13-15/h7-10,13-14H,2-6,11-12H2,1H3,(H,26,28). The number of methoxy groups -OCH3 is 1. The highest BCUT2D eigenvalue weighted by atomic mass is 19.2. The first kappa shape index (κ1) is 23.3. The fraction of sp³-hybridized carbons (Fsp3) is 0.391. The van der Waals surface area contributed by atoms with E-state index in [0.717, 1.165) is 37.5 Å². The van der Waals surface area contributed by atoms with Gasteiger partial charge in [0.15, 0.2) is 11.6 Å². The Morgan fingerprint density at radius 2 is 1.56 bits per heavy atom. The van der Waals surface area contributed by atoms with Crippen LogP contribution in [-0.4, -0.2) is 29.4 Å². The molecular formula is C23H24F2N2O5. The van der Waals surface area contributed by atoms with E-state index in [1.54, 1.807) is 0 Å². The van der Waals surface area contributed by atoms with E-state index in [-0.39, 0.29) is 16.7 Å². The van der Waals surface area contributed by atoms with E-state index in [2.05, 4.69) is 5.32 Å². The summed E-state index contributed by atoms with van der Waals surface area (Å²) in [6.07, 6.45) is 5.06. The Morgan fingerprint density at radius 1 is 0.969 bits per heavy atom. The maximum absolute atomic E-state index is 13.6. The molecule has 1 amide bonds. The third-order valence-electron chi connectivity index (χ3n) is 5.83. The number of carbonyl (C=O) groups excluding carboxylic acids is 2. The summed E-state index contributed by atoms with van der Waals surface area (Å²) in [5.74, 6) is -3.46. The van der Waals surface area contributed by atoms with Crippen LogP contribution in [-0.2, 0) is 9.53 Å². The summed E-state index contributed by atoms with van der Waals surface area (Å²) < 4.78 is 31.8. The van der Waals surface area contributed by atoms with Gasteiger partial charge in [-0.3, -0.25) is 14.9 Å². The van der Waals surface area contributed by atoms with Crippen molar-refractivity contribution in [2.45, 2.75) is 50.5 Å². The van der Waals surface area contributed by atoms with Gasteiger partial charge in [-0.25, -0.2) is 13.6 Å². The number of nitro groups is 1. The topological polar surface area (TPSA) is 98.5 Å². The van der Waals surface area contributed by atoms with Crippen LogP contribution in [0.2, 0.25) is 0 Å². The van der Waals surface area contributed by atoms with Gasteiger partial charge in [-0.1, -0.05) is 44.2 Å². The molecule has 2 aromatic rings. The molecule has 0 unspecified atom stereocenters. The Bertz CT molecular complexity index is 1030. The Morgan fingerprint density at radius 3 is 2.16 bits per heavy atom. The van der Waals surface area contributed by atoms with Gasteiger partial charge in [0, 0.05) is 6.07 Å². The number of nitrogens with zero attached hydrogens (tertiary/aromatic N) is 1. The number of carbonyl (C=O) groups is 2. The summed E-state index contributed by atoms with van der Waals surface area (Å²) in [6.45, 7) is 0. The Hall–Kier alpha value is -3.36. The summed E-state index contributed by atoms with van der Waals surface area (Å²) in [6, 6.07) is 6.93. The van der Waals surface area contributed by atoms with E-state index in [1.807, 2.05) is 0 Å². The molecule has 7 nitrogen and oxygen atoms in total. The number of esters is 1. The first-order chi connectivity index (χ1) is 15.3. The number of benzene rings is 2. The van der Waals surface area contributed by atoms with Crippen molar-refractivity contribution in [1.82, 2.24) is 5.32 Å². The minimum Gasteiger partial charge on any atom is -0.467 e. The average Bonchev–Trinajstić information content (AvgIpc) is 2.76. The summed E-state index contributed by atoms with van der Waals surface area (Å²) in [5.41, 5.74) is -1.51. The number of amides is 1. The molecule has 9 heteroatoms. The first-order valence-corrected chi connectivity index (χ1v) is 10.4. The number of ether oxygens (including phenoxy) is 1. The van der Waals surface area contributed by atoms with Gasteiger partial charge in [0.25, 0.3) is 11.6 Å². The first-order valence-electron chi connectivity index (χ1n) is 10.4. The van der Waals surface area contributed by atoms with E-state index < -0.39 is 39.7 Å². The second-order valence-electron chi connectivity index (χ2n) is 7.91. The van der Waals surface area contributed by atoms with Gasteiger partial charge in [-0.15, -0.1) is 0 Å². The molecule has 2 aromatic carbocycles. The Kier molecular flexibility index (Phi) is 7.17. The molecule has 3 rings (SSSR count). The zero-order chi connectivity index (χ0) is 23.3. The lowest BCUT2D eigenvalue weighted by atomic mass is 9.83. The van der Waals surface area contributed by atoms with Crippen molar-refractivity contribution in [2.24, 2.45) is 0 Å². The minimum atomic E-state index is -1.25. The van der Waals surface area contributed by atoms with Crippen molar-refractivity contribution < 1.29 is 28.0 Å². The number of hydrogen-bond acceptors (Lipinski definition) is 5. The summed E-state index contributed by atoms with van der Waals surface area (Å²) in [7, 11) is 1.24. The smallest absolute Gasteiger partial charge is 0.331 e. The lowest BCUT2D eigenvalue weighted by molar-refractivity contribution is -0.385. The number of rotatable bonds is 5. The molecule has 0 saturated heterocycles. The van der Waals surface area contributed by atoms with Crippen LogP contribution in [0.15, 0.2) is 36.4 Å². The molecule has 1 saturated carbocycles. The van der Waals surface area contributed by atoms with Crippen LogP contribution in [0.25, 0.3) is 11.1 Å². The number of nitro benzene ring substituents is 1. The summed E-state index contributed by atoms with van der Waals surface area (Å²) >= 11 is 0. The predicted octanol–water partition coefficient (Wildman–Crippen LogP) is 4.93. The van der Waals surface area contributed by atoms with Gasteiger partial charge in [0.2, 0.25) is 0 Å². The monoisotopic (exact) mass is 446 g/mol. The third-order valence-corrected chi connectivity index (χ3v) is 5.83. The van der Waals surface area contributed by atoms with Crippen LogP contribution in [0, 0.1) is 21.7 Å². The largest absolute Gasteiger partial charge is 0.467 e. The zero-order valence-electron chi connectivity index (χ0n) is 17.7. The molecule has 1 aliphatic rings. The van der Waals surface area contributed by atoms with Gasteiger partial charge in [-0.05, 0) is 42.2 Å². The second kappa shape index (κ2) is 9.84. The van der Waals surface area contributed by atoms with E-state index in [1.165, 1.54) is 25.3 Å². The lowest BCUT2D eigenvalue weighted by Gasteiger charge is -2.33. The number of nitrogens with one attached hydrogen (secondary N) is 1. The number of halogens is 2. The van der Waals surface area contributed by atoms with Crippen LogP contribution in [0.1, 0.15) is 55.3 Å². The highest BCUT2D eigenvalue weighted by Crippen LogP contribution is 2.31. The Balaban J connectivity index is 1.96. The molecule has 32 heavy (non-hydrogen) atoms. The zero-order valence-corrected chi connectivity index (χ0v) is 17.7. The van der Waals surface area contributed by atoms with Crippen molar-refractivity contribution in [3.63, 3.8) is 0 Å². The van der Waals surface area contributed by atoms with Gasteiger partial charge >= 0.3 is 5.97 Å². The van der Waals surface area contributed by atoms with Crippen molar-refractivity contribution in [3.05, 3.63) is 63.7 Å². The van der Waals surface area contributed by atoms with E-state index in [4.69, 9.17) is 4.74 Å². The molecule has 1 aliphatic carbocycles. The maximum Gasteiger partial charge on any atom is 0.331 e. The quantitative estimate of drug-likeness (QED) is 0.399. The second-order valence-corrected chi connectivity index (χ2v) is 7.91. The van der Waals surface area contributed by atoms with Gasteiger partial charge in [-0.2, -0.15) is 0 Å². The van der Waals surface area contributed by atoms with Crippen LogP contribution in [0.4, 0.5) is 14.5 Å². The summed E-state index contributed by atoms with van der Waals surface area (Å²) in [5, 5.41) is 14.4. The van der Waals surface area contributed by atoms with Crippen LogP contribution in [0.3, 0.4) is 0 Å². The molecule has 0 bridgehead atoms. The molecule has 0 spiro atoms. The Labute approximate surface area is 183 Å². The van der Waals surface area contributed by atoms with Gasteiger partial charge in [0.1, 0.15) is 11.1 Å². The third kappa shape index (κ3) is 4.92. The maximum atomic E-state index is 13.6.